The van der Waals surface area contributed by atoms with E-state index in [0.29, 0.717) is 29.7 Å². The summed E-state index contributed by atoms with van der Waals surface area (Å²) in [6.45, 7) is 40.2. The van der Waals surface area contributed by atoms with Gasteiger partial charge in [0.15, 0.2) is 5.45 Å². The van der Waals surface area contributed by atoms with Gasteiger partial charge in [-0.2, -0.15) is 0 Å². The predicted octanol–water partition coefficient (Wildman–Crippen LogP) is 12.7. The normalized spacial score (nSPS) is 18.6. The fourth-order valence-electron chi connectivity index (χ4n) is 9.22. The molecule has 2 aliphatic rings. The second kappa shape index (κ2) is 16.1. The Morgan fingerprint density at radius 2 is 1.19 bits per heavy atom. The molecule has 1 unspecified atom stereocenters. The predicted molar refractivity (Wildman–Crippen MR) is 233 cm³/mol. The summed E-state index contributed by atoms with van der Waals surface area (Å²) in [5.74, 6) is 1.29. The van der Waals surface area contributed by atoms with E-state index in [-0.39, 0.29) is 6.04 Å². The fraction of sp³-hybridized carbons (Fsp3) is 0.553. The van der Waals surface area contributed by atoms with E-state index in [1.807, 2.05) is 0 Å². The third-order valence-corrected chi connectivity index (χ3v) is 16.2. The standard InChI is InChI=1S/C47H71N5Si/c1-30(2)29-49(40-22-18-17-19-23-40)53(47-48-38(15)39(16)50(47)35(11)12)51(45-41(31(3)4)24-20-25-42(45)32(5)6)36(13)28-37(14)52(53)46-43(33(7)8)26-21-27-44(46)34(9)10/h20-21,24-29,31-35,40H,13,17-19,22-23H2,1-12,14-16H3. The third kappa shape index (κ3) is 7.22. The van der Waals surface area contributed by atoms with Crippen LogP contribution in [0, 0.1) is 13.8 Å². The number of benzene rings is 2. The monoisotopic (exact) mass is 734 g/mol. The van der Waals surface area contributed by atoms with Crippen LogP contribution in [0.4, 0.5) is 11.4 Å². The van der Waals surface area contributed by atoms with Crippen LogP contribution < -0.4 is 14.6 Å². The van der Waals surface area contributed by atoms with Crippen LogP contribution in [-0.2, 0) is 0 Å². The minimum Gasteiger partial charge on any atom is -0.362 e. The second-order valence-electron chi connectivity index (χ2n) is 17.7. The highest BCUT2D eigenvalue weighted by atomic mass is 28.4. The molecule has 3 aromatic rings. The first-order valence-corrected chi connectivity index (χ1v) is 22.5. The molecule has 288 valence electrons. The maximum atomic E-state index is 5.87. The quantitative estimate of drug-likeness (QED) is 0.183. The zero-order valence-electron chi connectivity index (χ0n) is 36.1. The van der Waals surface area contributed by atoms with Crippen molar-refractivity contribution in [1.82, 2.24) is 14.1 Å². The molecule has 1 aromatic heterocycles. The van der Waals surface area contributed by atoms with Crippen molar-refractivity contribution >= 4 is 25.4 Å². The van der Waals surface area contributed by atoms with Crippen molar-refractivity contribution in [3.8, 4) is 0 Å². The van der Waals surface area contributed by atoms with Crippen LogP contribution in [0.3, 0.4) is 0 Å². The molecule has 6 heteroatoms. The van der Waals surface area contributed by atoms with Crippen LogP contribution in [-0.4, -0.2) is 28.7 Å². The molecule has 1 fully saturated rings. The van der Waals surface area contributed by atoms with Crippen molar-refractivity contribution in [2.45, 2.75) is 172 Å². The highest BCUT2D eigenvalue weighted by molar-refractivity contribution is 6.96. The van der Waals surface area contributed by atoms with Gasteiger partial charge in [0.1, 0.15) is 0 Å². The topological polar surface area (TPSA) is 27.5 Å². The number of aryl methyl sites for hydroxylation is 1. The number of imidazole rings is 1. The van der Waals surface area contributed by atoms with Crippen LogP contribution >= 0.6 is 0 Å². The summed E-state index contributed by atoms with van der Waals surface area (Å²) in [5.41, 5.74) is 15.4. The van der Waals surface area contributed by atoms with Crippen LogP contribution in [0.15, 0.2) is 72.2 Å². The lowest BCUT2D eigenvalue weighted by atomic mass is 9.92. The number of anilines is 2. The number of allylic oxidation sites excluding steroid dienone is 3. The molecular formula is C47H71N5Si. The Labute approximate surface area is 325 Å². The zero-order valence-corrected chi connectivity index (χ0v) is 37.1. The zero-order chi connectivity index (χ0) is 39.1. The Kier molecular flexibility index (Phi) is 12.3. The van der Waals surface area contributed by atoms with Crippen LogP contribution in [0.1, 0.15) is 185 Å². The summed E-state index contributed by atoms with van der Waals surface area (Å²) in [4.78, 5) is 5.87. The Hall–Kier alpha value is -3.51. The summed E-state index contributed by atoms with van der Waals surface area (Å²) in [6.07, 6.45) is 11.1. The summed E-state index contributed by atoms with van der Waals surface area (Å²) in [7, 11) is -3.52. The summed E-state index contributed by atoms with van der Waals surface area (Å²) in [6, 6.07) is 14.7. The highest BCUT2D eigenvalue weighted by Gasteiger charge is 2.63. The van der Waals surface area contributed by atoms with Gasteiger partial charge in [0, 0.05) is 40.5 Å². The molecule has 0 N–H and O–H groups in total. The number of aromatic nitrogens is 2. The fourth-order valence-corrected chi connectivity index (χ4v) is 14.9. The molecule has 2 aromatic carbocycles. The highest BCUT2D eigenvalue weighted by Crippen LogP contribution is 2.50. The first-order chi connectivity index (χ1) is 25.0. The van der Waals surface area contributed by atoms with E-state index in [1.54, 1.807) is 0 Å². The van der Waals surface area contributed by atoms with Gasteiger partial charge < -0.3 is 18.3 Å². The lowest BCUT2D eigenvalue weighted by molar-refractivity contribution is 0.297. The van der Waals surface area contributed by atoms with Crippen molar-refractivity contribution in [2.24, 2.45) is 0 Å². The Bertz CT molecular complexity index is 1790. The van der Waals surface area contributed by atoms with E-state index in [1.165, 1.54) is 88.1 Å². The summed E-state index contributed by atoms with van der Waals surface area (Å²) < 4.78 is 11.2. The third-order valence-electron chi connectivity index (χ3n) is 11.7. The average molecular weight is 734 g/mol. The minimum absolute atomic E-state index is 0.216. The molecule has 2 heterocycles. The lowest BCUT2D eigenvalue weighted by Gasteiger charge is -2.60. The SMILES string of the molecule is C=C1C=C(C)N(c2c(C(C)C)cccc2C(C)C)[Si](c2nc(C)c(C)n2C(C)C)(N(C=C(C)C)C2CCCCC2)N1c1c(C(C)C)cccc1C(C)C. The molecule has 0 bridgehead atoms. The molecule has 5 rings (SSSR count). The van der Waals surface area contributed by atoms with E-state index in [2.05, 4.69) is 171 Å². The number of rotatable bonds is 11. The van der Waals surface area contributed by atoms with E-state index < -0.39 is 8.56 Å². The maximum absolute atomic E-state index is 5.87. The maximum Gasteiger partial charge on any atom is 0.459 e. The van der Waals surface area contributed by atoms with Gasteiger partial charge >= 0.3 is 8.56 Å². The van der Waals surface area contributed by atoms with Crippen LogP contribution in [0.25, 0.3) is 0 Å². The van der Waals surface area contributed by atoms with Gasteiger partial charge in [0.2, 0.25) is 0 Å². The summed E-state index contributed by atoms with van der Waals surface area (Å²) >= 11 is 0. The van der Waals surface area contributed by atoms with E-state index in [9.17, 15) is 0 Å². The van der Waals surface area contributed by atoms with E-state index in [4.69, 9.17) is 11.6 Å². The Morgan fingerprint density at radius 1 is 0.736 bits per heavy atom. The lowest BCUT2D eigenvalue weighted by Crippen LogP contribution is -2.85. The van der Waals surface area contributed by atoms with Gasteiger partial charge in [0.25, 0.3) is 0 Å². The number of nitrogens with zero attached hydrogens (tertiary/aromatic N) is 5. The van der Waals surface area contributed by atoms with Crippen molar-refractivity contribution in [3.05, 3.63) is 106 Å². The molecule has 0 spiro atoms. The molecule has 5 nitrogen and oxygen atoms in total. The molecule has 1 atom stereocenters. The van der Waals surface area contributed by atoms with Crippen molar-refractivity contribution in [2.75, 3.05) is 9.13 Å². The summed E-state index contributed by atoms with van der Waals surface area (Å²) in [5, 5.41) is 0. The van der Waals surface area contributed by atoms with Crippen LogP contribution in [0.2, 0.25) is 0 Å². The molecule has 0 radical (unpaired) electrons. The Morgan fingerprint density at radius 3 is 1.60 bits per heavy atom. The average Bonchev–Trinajstić information content (AvgIpc) is 3.40. The van der Waals surface area contributed by atoms with Gasteiger partial charge in [-0.1, -0.05) is 123 Å². The van der Waals surface area contributed by atoms with Gasteiger partial charge in [-0.25, -0.2) is 4.98 Å². The minimum atomic E-state index is -3.52. The molecule has 1 aliphatic heterocycles. The largest absolute Gasteiger partial charge is 0.459 e. The molecule has 0 amide bonds. The molecular weight excluding hydrogens is 663 g/mol. The Balaban J connectivity index is 2.19. The van der Waals surface area contributed by atoms with Crippen molar-refractivity contribution in [1.29, 1.82) is 0 Å². The molecule has 1 aliphatic carbocycles. The molecule has 1 saturated carbocycles. The van der Waals surface area contributed by atoms with Gasteiger partial charge in [-0.05, 0) is 120 Å². The first-order valence-electron chi connectivity index (χ1n) is 20.7. The smallest absolute Gasteiger partial charge is 0.362 e. The van der Waals surface area contributed by atoms with Gasteiger partial charge in [-0.3, -0.25) is 0 Å². The van der Waals surface area contributed by atoms with Gasteiger partial charge in [-0.15, -0.1) is 0 Å². The van der Waals surface area contributed by atoms with Crippen molar-refractivity contribution < 1.29 is 0 Å². The second-order valence-corrected chi connectivity index (χ2v) is 20.9. The number of hydrogen-bond donors (Lipinski definition) is 0. The first kappa shape index (κ1) is 40.7. The van der Waals surface area contributed by atoms with E-state index in [0.717, 1.165) is 11.4 Å². The number of para-hydroxylation sites is 2. The van der Waals surface area contributed by atoms with E-state index >= 15 is 0 Å². The van der Waals surface area contributed by atoms with Gasteiger partial charge in [0.05, 0.1) is 5.69 Å². The van der Waals surface area contributed by atoms with Crippen LogP contribution in [0.5, 0.6) is 0 Å². The molecule has 53 heavy (non-hydrogen) atoms. The molecule has 0 saturated heterocycles. The number of hydrogen-bond acceptors (Lipinski definition) is 4. The van der Waals surface area contributed by atoms with Crippen molar-refractivity contribution in [3.63, 3.8) is 0 Å².